The molecule has 0 aliphatic rings. The topological polar surface area (TPSA) is 86.8 Å². The predicted molar refractivity (Wildman–Crippen MR) is 143 cm³/mol. The van der Waals surface area contributed by atoms with Gasteiger partial charge in [0.25, 0.3) is 10.0 Å². The zero-order chi connectivity index (χ0) is 26.5. The van der Waals surface area contributed by atoms with Crippen molar-refractivity contribution in [3.05, 3.63) is 94.0 Å². The third-order valence-electron chi connectivity index (χ3n) is 5.68. The fourth-order valence-electron chi connectivity index (χ4n) is 3.60. The van der Waals surface area contributed by atoms with Gasteiger partial charge in [-0.1, -0.05) is 71.2 Å². The van der Waals surface area contributed by atoms with Crippen LogP contribution in [0.5, 0.6) is 0 Å². The lowest BCUT2D eigenvalue weighted by atomic mass is 10.1. The number of hydrogen-bond donors (Lipinski definition) is 1. The minimum absolute atomic E-state index is 0.00625. The van der Waals surface area contributed by atoms with Gasteiger partial charge in [-0.05, 0) is 49.7 Å². The van der Waals surface area contributed by atoms with Crippen molar-refractivity contribution in [3.8, 4) is 0 Å². The van der Waals surface area contributed by atoms with Crippen molar-refractivity contribution in [1.82, 2.24) is 10.2 Å². The van der Waals surface area contributed by atoms with E-state index in [1.165, 1.54) is 42.3 Å². The summed E-state index contributed by atoms with van der Waals surface area (Å²) in [5, 5.41) is 2.94. The molecule has 3 rings (SSSR count). The molecule has 7 nitrogen and oxygen atoms in total. The molecule has 0 fully saturated rings. The first kappa shape index (κ1) is 27.5. The first-order valence-electron chi connectivity index (χ1n) is 11.1. The van der Waals surface area contributed by atoms with Gasteiger partial charge in [-0.3, -0.25) is 13.9 Å². The molecule has 10 heteroatoms. The van der Waals surface area contributed by atoms with Gasteiger partial charge in [0.1, 0.15) is 12.6 Å². The van der Waals surface area contributed by atoms with Crippen LogP contribution in [-0.4, -0.2) is 44.8 Å². The molecule has 1 atom stereocenters. The lowest BCUT2D eigenvalue weighted by Crippen LogP contribution is -2.50. The van der Waals surface area contributed by atoms with E-state index in [1.54, 1.807) is 25.1 Å². The van der Waals surface area contributed by atoms with Crippen molar-refractivity contribution in [2.24, 2.45) is 0 Å². The third kappa shape index (κ3) is 6.37. The number of rotatable bonds is 9. The summed E-state index contributed by atoms with van der Waals surface area (Å²) in [6.07, 6.45) is 0. The Morgan fingerprint density at radius 1 is 0.972 bits per heavy atom. The van der Waals surface area contributed by atoms with Crippen LogP contribution in [0.3, 0.4) is 0 Å². The van der Waals surface area contributed by atoms with E-state index in [-0.39, 0.29) is 28.1 Å². The lowest BCUT2D eigenvalue weighted by Gasteiger charge is -2.32. The number of aryl methyl sites for hydroxylation is 1. The zero-order valence-electron chi connectivity index (χ0n) is 20.1. The van der Waals surface area contributed by atoms with Crippen LogP contribution in [0.25, 0.3) is 0 Å². The highest BCUT2D eigenvalue weighted by molar-refractivity contribution is 7.92. The average Bonchev–Trinajstić information content (AvgIpc) is 2.86. The van der Waals surface area contributed by atoms with Gasteiger partial charge in [0.2, 0.25) is 11.8 Å². The van der Waals surface area contributed by atoms with E-state index in [4.69, 9.17) is 23.2 Å². The predicted octanol–water partition coefficient (Wildman–Crippen LogP) is 4.66. The molecule has 36 heavy (non-hydrogen) atoms. The molecule has 190 valence electrons. The molecule has 2 amide bonds. The number of nitrogens with zero attached hydrogens (tertiary/aromatic N) is 2. The normalized spacial score (nSPS) is 12.0. The van der Waals surface area contributed by atoms with Crippen LogP contribution in [0, 0.1) is 6.92 Å². The van der Waals surface area contributed by atoms with E-state index in [1.807, 2.05) is 31.2 Å². The molecule has 0 spiro atoms. The Morgan fingerprint density at radius 2 is 1.61 bits per heavy atom. The van der Waals surface area contributed by atoms with Crippen molar-refractivity contribution in [2.75, 3.05) is 17.9 Å². The molecule has 0 aliphatic heterocycles. The molecule has 0 saturated carbocycles. The molecular formula is C26H27Cl2N3O4S. The number of hydrogen-bond acceptors (Lipinski definition) is 4. The zero-order valence-corrected chi connectivity index (χ0v) is 22.4. The van der Waals surface area contributed by atoms with Gasteiger partial charge >= 0.3 is 0 Å². The first-order chi connectivity index (χ1) is 17.0. The summed E-state index contributed by atoms with van der Waals surface area (Å²) in [6.45, 7) is 3.07. The first-order valence-corrected chi connectivity index (χ1v) is 13.3. The fourth-order valence-corrected chi connectivity index (χ4v) is 5.61. The van der Waals surface area contributed by atoms with Crippen LogP contribution in [0.1, 0.15) is 18.1 Å². The fraction of sp³-hybridized carbons (Fsp3) is 0.231. The minimum atomic E-state index is -4.19. The van der Waals surface area contributed by atoms with Gasteiger partial charge in [0.05, 0.1) is 15.6 Å². The Hall–Kier alpha value is -3.07. The quantitative estimate of drug-likeness (QED) is 0.422. The smallest absolute Gasteiger partial charge is 0.264 e. The second-order valence-corrected chi connectivity index (χ2v) is 10.9. The molecule has 0 heterocycles. The van der Waals surface area contributed by atoms with Crippen LogP contribution < -0.4 is 9.62 Å². The lowest BCUT2D eigenvalue weighted by molar-refractivity contribution is -0.139. The SMILES string of the molecule is CNC(=O)C(C)N(Cc1ccc(C)cc1)C(=O)CN(c1ccc(Cl)cc1Cl)S(=O)(=O)c1ccccc1. The molecule has 1 unspecified atom stereocenters. The number of amides is 2. The standard InChI is InChI=1S/C26H27Cl2N3O4S/c1-18-9-11-20(12-10-18)16-30(19(2)26(33)29-3)25(32)17-31(24-14-13-21(27)15-23(24)28)36(34,35)22-7-5-4-6-8-22/h4-15,19H,16-17H2,1-3H3,(H,29,33). The summed E-state index contributed by atoms with van der Waals surface area (Å²) in [6, 6.07) is 18.8. The molecule has 0 aliphatic carbocycles. The molecule has 0 bridgehead atoms. The van der Waals surface area contributed by atoms with E-state index in [0.29, 0.717) is 5.02 Å². The van der Waals surface area contributed by atoms with Gasteiger partial charge in [0.15, 0.2) is 0 Å². The summed E-state index contributed by atoms with van der Waals surface area (Å²) in [7, 11) is -2.71. The summed E-state index contributed by atoms with van der Waals surface area (Å²) >= 11 is 12.4. The molecular weight excluding hydrogens is 521 g/mol. The molecule has 3 aromatic carbocycles. The second kappa shape index (κ2) is 11.8. The van der Waals surface area contributed by atoms with E-state index in [2.05, 4.69) is 5.32 Å². The highest BCUT2D eigenvalue weighted by Crippen LogP contribution is 2.33. The Morgan fingerprint density at radius 3 is 2.19 bits per heavy atom. The second-order valence-electron chi connectivity index (χ2n) is 8.22. The van der Waals surface area contributed by atoms with Crippen LogP contribution in [0.4, 0.5) is 5.69 Å². The summed E-state index contributed by atoms with van der Waals surface area (Å²) in [4.78, 5) is 27.5. The van der Waals surface area contributed by atoms with Crippen molar-refractivity contribution >= 4 is 50.7 Å². The molecule has 0 saturated heterocycles. The van der Waals surface area contributed by atoms with Crippen LogP contribution >= 0.6 is 23.2 Å². The van der Waals surface area contributed by atoms with Gasteiger partial charge in [0, 0.05) is 18.6 Å². The van der Waals surface area contributed by atoms with Crippen LogP contribution in [0.15, 0.2) is 77.7 Å². The Labute approximate surface area is 221 Å². The van der Waals surface area contributed by atoms with Crippen LogP contribution in [-0.2, 0) is 26.2 Å². The van der Waals surface area contributed by atoms with Crippen molar-refractivity contribution < 1.29 is 18.0 Å². The maximum atomic E-state index is 13.7. The van der Waals surface area contributed by atoms with Gasteiger partial charge in [-0.25, -0.2) is 8.42 Å². The summed E-state index contributed by atoms with van der Waals surface area (Å²) in [5.41, 5.74) is 1.95. The van der Waals surface area contributed by atoms with E-state index in [0.717, 1.165) is 15.4 Å². The Bertz CT molecular complexity index is 1330. The molecule has 3 aromatic rings. The third-order valence-corrected chi connectivity index (χ3v) is 7.99. The number of nitrogens with one attached hydrogen (secondary N) is 1. The van der Waals surface area contributed by atoms with Crippen molar-refractivity contribution in [2.45, 2.75) is 31.3 Å². The number of sulfonamides is 1. The highest BCUT2D eigenvalue weighted by atomic mass is 35.5. The monoisotopic (exact) mass is 547 g/mol. The molecule has 0 aromatic heterocycles. The van der Waals surface area contributed by atoms with Gasteiger partial charge in [-0.2, -0.15) is 0 Å². The maximum Gasteiger partial charge on any atom is 0.264 e. The average molecular weight is 548 g/mol. The number of halogens is 2. The molecule has 0 radical (unpaired) electrons. The van der Waals surface area contributed by atoms with E-state index >= 15 is 0 Å². The minimum Gasteiger partial charge on any atom is -0.357 e. The van der Waals surface area contributed by atoms with E-state index in [9.17, 15) is 18.0 Å². The number of carbonyl (C=O) groups excluding carboxylic acids is 2. The highest BCUT2D eigenvalue weighted by Gasteiger charge is 2.33. The van der Waals surface area contributed by atoms with Gasteiger partial charge < -0.3 is 10.2 Å². The maximum absolute atomic E-state index is 13.7. The summed E-state index contributed by atoms with van der Waals surface area (Å²) in [5.74, 6) is -0.949. The van der Waals surface area contributed by atoms with E-state index < -0.39 is 28.5 Å². The van der Waals surface area contributed by atoms with Crippen molar-refractivity contribution in [3.63, 3.8) is 0 Å². The largest absolute Gasteiger partial charge is 0.357 e. The number of carbonyl (C=O) groups is 2. The van der Waals surface area contributed by atoms with Crippen molar-refractivity contribution in [1.29, 1.82) is 0 Å². The Kier molecular flexibility index (Phi) is 9.00. The number of anilines is 1. The number of benzene rings is 3. The van der Waals surface area contributed by atoms with Gasteiger partial charge in [-0.15, -0.1) is 0 Å². The molecule has 1 N–H and O–H groups in total. The number of likely N-dealkylation sites (N-methyl/N-ethyl adjacent to an activating group) is 1. The summed E-state index contributed by atoms with van der Waals surface area (Å²) < 4.78 is 28.3. The van der Waals surface area contributed by atoms with Crippen LogP contribution in [0.2, 0.25) is 10.0 Å². The Balaban J connectivity index is 2.05.